The molecule has 16 heteroatoms. The van der Waals surface area contributed by atoms with Crippen LogP contribution in [-0.2, 0) is 19.1 Å². The van der Waals surface area contributed by atoms with Crippen LogP contribution in [0.1, 0.15) is 18.5 Å². The van der Waals surface area contributed by atoms with Gasteiger partial charge in [-0.3, -0.25) is 9.59 Å². The number of amides is 2. The average molecular weight is 698 g/mol. The molecule has 3 N–H and O–H groups in total. The third kappa shape index (κ3) is 6.35. The fraction of sp³-hybridized carbons (Fsp3) is 0.448. The summed E-state index contributed by atoms with van der Waals surface area (Å²) in [7, 11) is 1.27. The minimum Gasteiger partial charge on any atom is -0.394 e. The highest BCUT2D eigenvalue weighted by atomic mass is 79.9. The number of aromatic nitrogens is 3. The second-order valence-corrected chi connectivity index (χ2v) is 12.0. The Morgan fingerprint density at radius 2 is 1.82 bits per heavy atom. The summed E-state index contributed by atoms with van der Waals surface area (Å²) in [6.07, 6.45) is -5.49. The van der Waals surface area contributed by atoms with Crippen LogP contribution < -0.4 is 4.90 Å². The lowest BCUT2D eigenvalue weighted by Crippen LogP contribution is -2.63. The molecule has 5 unspecified atom stereocenters. The number of methoxy groups -OCH3 is 1. The number of carbonyl (C=O) groups is 2. The first kappa shape index (κ1) is 33.0. The van der Waals surface area contributed by atoms with Gasteiger partial charge < -0.3 is 34.6 Å². The van der Waals surface area contributed by atoms with Crippen LogP contribution in [0.4, 0.5) is 18.9 Å². The van der Waals surface area contributed by atoms with Crippen LogP contribution in [0.15, 0.2) is 41.0 Å². The maximum absolute atomic E-state index is 14.5. The molecule has 5 rings (SSSR count). The van der Waals surface area contributed by atoms with Crippen molar-refractivity contribution in [3.8, 4) is 11.3 Å². The fourth-order valence-electron chi connectivity index (χ4n) is 5.87. The molecule has 0 radical (unpaired) electrons. The summed E-state index contributed by atoms with van der Waals surface area (Å²) in [5.74, 6) is -5.52. The number of benzene rings is 2. The van der Waals surface area contributed by atoms with Crippen LogP contribution >= 0.6 is 15.9 Å². The monoisotopic (exact) mass is 697 g/mol. The van der Waals surface area contributed by atoms with E-state index in [0.29, 0.717) is 10.2 Å². The predicted molar refractivity (Wildman–Crippen MR) is 155 cm³/mol. The van der Waals surface area contributed by atoms with E-state index in [1.165, 1.54) is 30.0 Å². The van der Waals surface area contributed by atoms with E-state index >= 15 is 0 Å². The molecule has 1 aromatic heterocycles. The molecule has 3 heterocycles. The third-order valence-electron chi connectivity index (χ3n) is 8.06. The number of rotatable bonds is 7. The van der Waals surface area contributed by atoms with Gasteiger partial charge in [-0.2, -0.15) is 0 Å². The summed E-state index contributed by atoms with van der Waals surface area (Å²) in [6.45, 7) is 2.46. The highest BCUT2D eigenvalue weighted by molar-refractivity contribution is 9.10. The normalized spacial score (nSPS) is 26.7. The number of aliphatic hydroxyl groups is 3. The number of halogens is 4. The quantitative estimate of drug-likeness (QED) is 0.314. The van der Waals surface area contributed by atoms with Gasteiger partial charge in [0.1, 0.15) is 30.0 Å². The topological polar surface area (TPSA) is 150 Å². The highest BCUT2D eigenvalue weighted by Gasteiger charge is 2.52. The first-order valence-corrected chi connectivity index (χ1v) is 14.7. The van der Waals surface area contributed by atoms with Crippen molar-refractivity contribution in [2.45, 2.75) is 56.5 Å². The zero-order chi connectivity index (χ0) is 32.7. The zero-order valence-electron chi connectivity index (χ0n) is 24.3. The molecule has 0 bridgehead atoms. The van der Waals surface area contributed by atoms with Gasteiger partial charge in [-0.1, -0.05) is 21.1 Å². The largest absolute Gasteiger partial charge is 0.394 e. The van der Waals surface area contributed by atoms with E-state index in [0.717, 1.165) is 22.4 Å². The first-order valence-electron chi connectivity index (χ1n) is 13.9. The molecule has 2 aromatic carbocycles. The number of likely N-dealkylation sites (tertiary alicyclic amines) is 1. The Hall–Kier alpha value is -3.41. The molecule has 7 atom stereocenters. The first-order chi connectivity index (χ1) is 21.3. The second kappa shape index (κ2) is 13.1. The number of hydrogen-bond donors (Lipinski definition) is 3. The third-order valence-corrected chi connectivity index (χ3v) is 8.51. The molecule has 2 aliphatic heterocycles. The Balaban J connectivity index is 1.56. The van der Waals surface area contributed by atoms with Gasteiger partial charge in [0.05, 0.1) is 24.9 Å². The van der Waals surface area contributed by atoms with Crippen molar-refractivity contribution in [2.24, 2.45) is 0 Å². The molecule has 12 nitrogen and oxygen atoms in total. The lowest BCUT2D eigenvalue weighted by molar-refractivity contribution is -0.211. The molecule has 0 saturated carbocycles. The Kier molecular flexibility index (Phi) is 9.62. The van der Waals surface area contributed by atoms with E-state index in [-0.39, 0.29) is 30.3 Å². The molecule has 3 aromatic rings. The molecule has 2 fully saturated rings. The van der Waals surface area contributed by atoms with Gasteiger partial charge in [0.15, 0.2) is 23.6 Å². The predicted octanol–water partition coefficient (Wildman–Crippen LogP) is 1.73. The van der Waals surface area contributed by atoms with Crippen LogP contribution in [0.3, 0.4) is 0 Å². The smallest absolute Gasteiger partial charge is 0.259 e. The summed E-state index contributed by atoms with van der Waals surface area (Å²) in [5, 5.41) is 40.3. The summed E-state index contributed by atoms with van der Waals surface area (Å²) in [6, 6.07) is 4.56. The van der Waals surface area contributed by atoms with Crippen molar-refractivity contribution in [3.05, 3.63) is 64.0 Å². The Morgan fingerprint density at radius 1 is 1.13 bits per heavy atom. The zero-order valence-corrected chi connectivity index (χ0v) is 25.9. The van der Waals surface area contributed by atoms with Gasteiger partial charge in [0.25, 0.3) is 5.91 Å². The molecule has 45 heavy (non-hydrogen) atoms. The van der Waals surface area contributed by atoms with Gasteiger partial charge >= 0.3 is 0 Å². The standard InChI is InChI=1S/C29H31BrF3N5O7/c1-13-4-16(30)8-17(5-13)38(21-10-36(14(2)40)11-22(21)41)29(43)28-27(44-3)25(26(42)23(12-39)45-28)37-9-20(34-35-37)15-6-18(31)24(33)19(32)7-15/h4-9,21-23,25-28,39,41-42H,10-12H2,1-3H3/t21-,22-,23?,25?,26?,27?,28?/m1/s1. The van der Waals surface area contributed by atoms with Crippen molar-refractivity contribution >= 4 is 33.4 Å². The highest BCUT2D eigenvalue weighted by Crippen LogP contribution is 2.36. The number of ether oxygens (including phenoxy) is 2. The number of β-amino-alcohol motifs (C(OH)–C–C–N with tert-alkyl or cyclic N) is 1. The molecule has 0 aliphatic carbocycles. The van der Waals surface area contributed by atoms with Crippen LogP contribution in [-0.4, -0.2) is 110 Å². The Labute approximate surface area is 264 Å². The number of aliphatic hydroxyl groups excluding tert-OH is 3. The van der Waals surface area contributed by atoms with Gasteiger partial charge in [-0.15, -0.1) is 5.10 Å². The molecule has 2 aliphatic rings. The number of carbonyl (C=O) groups excluding carboxylic acids is 2. The Bertz CT molecular complexity index is 1550. The fourth-order valence-corrected chi connectivity index (χ4v) is 6.47. The minimum atomic E-state index is -1.65. The van der Waals surface area contributed by atoms with Crippen molar-refractivity contribution in [1.29, 1.82) is 0 Å². The van der Waals surface area contributed by atoms with E-state index < -0.39 is 72.6 Å². The molecule has 0 spiro atoms. The van der Waals surface area contributed by atoms with Crippen molar-refractivity contribution in [1.82, 2.24) is 19.9 Å². The van der Waals surface area contributed by atoms with Crippen molar-refractivity contribution < 1.29 is 47.6 Å². The average Bonchev–Trinajstić information content (AvgIpc) is 3.62. The van der Waals surface area contributed by atoms with E-state index in [1.807, 2.05) is 13.0 Å². The number of nitrogens with zero attached hydrogens (tertiary/aromatic N) is 5. The number of hydrogen-bond acceptors (Lipinski definition) is 9. The summed E-state index contributed by atoms with van der Waals surface area (Å²) in [4.78, 5) is 29.5. The van der Waals surface area contributed by atoms with Crippen LogP contribution in [0.2, 0.25) is 0 Å². The van der Waals surface area contributed by atoms with E-state index in [4.69, 9.17) is 9.47 Å². The van der Waals surface area contributed by atoms with E-state index in [9.17, 15) is 38.1 Å². The minimum absolute atomic E-state index is 0.0110. The summed E-state index contributed by atoms with van der Waals surface area (Å²) >= 11 is 3.44. The summed E-state index contributed by atoms with van der Waals surface area (Å²) < 4.78 is 54.8. The van der Waals surface area contributed by atoms with E-state index in [1.54, 1.807) is 12.1 Å². The number of anilines is 1. The van der Waals surface area contributed by atoms with E-state index in [2.05, 4.69) is 26.2 Å². The second-order valence-electron chi connectivity index (χ2n) is 11.1. The van der Waals surface area contributed by atoms with Gasteiger partial charge in [-0.05, 0) is 42.8 Å². The maximum Gasteiger partial charge on any atom is 0.259 e. The van der Waals surface area contributed by atoms with Crippen LogP contribution in [0.25, 0.3) is 11.3 Å². The molecule has 2 saturated heterocycles. The molecule has 2 amide bonds. The molecular weight excluding hydrogens is 667 g/mol. The molecule has 242 valence electrons. The van der Waals surface area contributed by atoms with Gasteiger partial charge in [-0.25, -0.2) is 17.9 Å². The maximum atomic E-state index is 14.5. The van der Waals surface area contributed by atoms with Crippen LogP contribution in [0.5, 0.6) is 0 Å². The lowest BCUT2D eigenvalue weighted by atomic mass is 9.91. The number of aryl methyl sites for hydroxylation is 1. The SMILES string of the molecule is COC1C(C(=O)N(c2cc(C)cc(Br)c2)[C@@H]2CN(C(C)=O)C[C@H]2O)OC(CO)C(O)C1n1cc(-c2cc(F)c(F)c(F)c2)nn1. The van der Waals surface area contributed by atoms with Gasteiger partial charge in [0.2, 0.25) is 5.91 Å². The van der Waals surface area contributed by atoms with Crippen molar-refractivity contribution in [3.63, 3.8) is 0 Å². The van der Waals surface area contributed by atoms with Crippen LogP contribution in [0, 0.1) is 24.4 Å². The molecular formula is C29H31BrF3N5O7. The lowest BCUT2D eigenvalue weighted by Gasteiger charge is -2.45. The van der Waals surface area contributed by atoms with Gasteiger partial charge in [0, 0.05) is 42.8 Å². The Morgan fingerprint density at radius 3 is 2.40 bits per heavy atom. The van der Waals surface area contributed by atoms with Crippen molar-refractivity contribution in [2.75, 3.05) is 31.7 Å². The summed E-state index contributed by atoms with van der Waals surface area (Å²) in [5.41, 5.74) is 0.952.